The number of nitrogens with one attached hydrogen (secondary N) is 1. The van der Waals surface area contributed by atoms with Crippen LogP contribution in [0.2, 0.25) is 0 Å². The highest BCUT2D eigenvalue weighted by Gasteiger charge is 2.06. The lowest BCUT2D eigenvalue weighted by Crippen LogP contribution is -2.26. The Morgan fingerprint density at radius 3 is 2.57 bits per heavy atom. The number of rotatable bonds is 8. The summed E-state index contributed by atoms with van der Waals surface area (Å²) in [5.41, 5.74) is 1.11. The molecule has 2 aromatic carbocycles. The zero-order valence-corrected chi connectivity index (χ0v) is 14.4. The molecule has 2 rings (SSSR count). The Balaban J connectivity index is 1.82. The largest absolute Gasteiger partial charge is 0.356 e. The average Bonchev–Trinajstić information content (AvgIpc) is 2.51. The second-order valence-corrected chi connectivity index (χ2v) is 6.35. The summed E-state index contributed by atoms with van der Waals surface area (Å²) in [5, 5.41) is 5.41. The Hall–Kier alpha value is -1.10. The van der Waals surface area contributed by atoms with Gasteiger partial charge in [-0.05, 0) is 33.6 Å². The van der Waals surface area contributed by atoms with Crippen molar-refractivity contribution in [3.05, 3.63) is 48.0 Å². The van der Waals surface area contributed by atoms with Crippen LogP contribution in [0.4, 0.5) is 0 Å². The van der Waals surface area contributed by atoms with E-state index < -0.39 is 0 Å². The van der Waals surface area contributed by atoms with Crippen molar-refractivity contribution in [1.29, 1.82) is 0 Å². The van der Waals surface area contributed by atoms with Crippen LogP contribution in [-0.4, -0.2) is 16.9 Å². The second kappa shape index (κ2) is 9.03. The highest BCUT2D eigenvalue weighted by Crippen LogP contribution is 2.18. The minimum absolute atomic E-state index is 0.125. The highest BCUT2D eigenvalue weighted by molar-refractivity contribution is 14.1. The van der Waals surface area contributed by atoms with Crippen LogP contribution in [-0.2, 0) is 11.2 Å². The summed E-state index contributed by atoms with van der Waals surface area (Å²) < 4.78 is 1.23. The quantitative estimate of drug-likeness (QED) is 0.398. The predicted molar refractivity (Wildman–Crippen MR) is 98.0 cm³/mol. The van der Waals surface area contributed by atoms with Gasteiger partial charge in [0.1, 0.15) is 0 Å². The minimum Gasteiger partial charge on any atom is -0.356 e. The molecule has 1 amide bonds. The molecule has 0 saturated carbocycles. The third kappa shape index (κ3) is 5.30. The monoisotopic (exact) mass is 395 g/mol. The van der Waals surface area contributed by atoms with E-state index in [1.165, 1.54) is 34.5 Å². The molecule has 0 bridgehead atoms. The number of hydrogen-bond acceptors (Lipinski definition) is 1. The Bertz CT molecular complexity index is 577. The van der Waals surface area contributed by atoms with Gasteiger partial charge in [0.2, 0.25) is 5.91 Å². The number of carbonyl (C=O) groups excluding carboxylic acids is 1. The smallest absolute Gasteiger partial charge is 0.224 e. The van der Waals surface area contributed by atoms with Gasteiger partial charge in [-0.15, -0.1) is 0 Å². The molecule has 0 aliphatic rings. The number of benzene rings is 2. The summed E-state index contributed by atoms with van der Waals surface area (Å²) in [4.78, 5) is 12.0. The molecule has 0 aliphatic carbocycles. The SMILES string of the molecule is O=C(Cc1cccc2ccccc12)NCCCCCCI. The van der Waals surface area contributed by atoms with E-state index >= 15 is 0 Å². The highest BCUT2D eigenvalue weighted by atomic mass is 127. The second-order valence-electron chi connectivity index (χ2n) is 5.27. The van der Waals surface area contributed by atoms with Crippen LogP contribution in [0.5, 0.6) is 0 Å². The molecule has 2 nitrogen and oxygen atoms in total. The van der Waals surface area contributed by atoms with Crippen LogP contribution in [0, 0.1) is 0 Å². The first-order valence-corrected chi connectivity index (χ1v) is 9.13. The molecule has 0 aliphatic heterocycles. The molecule has 0 unspecified atom stereocenters. The number of unbranched alkanes of at least 4 members (excludes halogenated alkanes) is 3. The fourth-order valence-electron chi connectivity index (χ4n) is 2.48. The van der Waals surface area contributed by atoms with Gasteiger partial charge in [0.25, 0.3) is 0 Å². The number of carbonyl (C=O) groups is 1. The van der Waals surface area contributed by atoms with Crippen molar-refractivity contribution >= 4 is 39.3 Å². The lowest BCUT2D eigenvalue weighted by molar-refractivity contribution is -0.120. The molecule has 0 heterocycles. The Labute approximate surface area is 140 Å². The van der Waals surface area contributed by atoms with Gasteiger partial charge in [0, 0.05) is 6.54 Å². The lowest BCUT2D eigenvalue weighted by Gasteiger charge is -2.08. The van der Waals surface area contributed by atoms with Gasteiger partial charge in [-0.3, -0.25) is 4.79 Å². The van der Waals surface area contributed by atoms with Crippen molar-refractivity contribution in [3.8, 4) is 0 Å². The summed E-state index contributed by atoms with van der Waals surface area (Å²) in [6.45, 7) is 0.796. The number of amides is 1. The van der Waals surface area contributed by atoms with Gasteiger partial charge in [-0.1, -0.05) is 77.9 Å². The van der Waals surface area contributed by atoms with E-state index in [1.807, 2.05) is 24.3 Å². The van der Waals surface area contributed by atoms with Gasteiger partial charge in [0.05, 0.1) is 6.42 Å². The zero-order valence-electron chi connectivity index (χ0n) is 12.3. The average molecular weight is 395 g/mol. The van der Waals surface area contributed by atoms with Crippen molar-refractivity contribution < 1.29 is 4.79 Å². The topological polar surface area (TPSA) is 29.1 Å². The van der Waals surface area contributed by atoms with Crippen molar-refractivity contribution in [3.63, 3.8) is 0 Å². The number of fused-ring (bicyclic) bond motifs is 1. The normalized spacial score (nSPS) is 10.7. The van der Waals surface area contributed by atoms with Gasteiger partial charge in [-0.2, -0.15) is 0 Å². The first-order chi connectivity index (χ1) is 10.3. The van der Waals surface area contributed by atoms with Gasteiger partial charge in [-0.25, -0.2) is 0 Å². The molecule has 1 N–H and O–H groups in total. The van der Waals surface area contributed by atoms with E-state index in [4.69, 9.17) is 0 Å². The first kappa shape index (κ1) is 16.3. The van der Waals surface area contributed by atoms with Crippen LogP contribution in [0.1, 0.15) is 31.2 Å². The maximum absolute atomic E-state index is 12.0. The molecule has 3 heteroatoms. The summed E-state index contributed by atoms with van der Waals surface area (Å²) in [6.07, 6.45) is 5.30. The lowest BCUT2D eigenvalue weighted by atomic mass is 10.0. The Kier molecular flexibility index (Phi) is 7.00. The molecule has 0 atom stereocenters. The van der Waals surface area contributed by atoms with Gasteiger partial charge in [0.15, 0.2) is 0 Å². The van der Waals surface area contributed by atoms with Gasteiger partial charge < -0.3 is 5.32 Å². The third-order valence-electron chi connectivity index (χ3n) is 3.61. The van der Waals surface area contributed by atoms with Crippen LogP contribution < -0.4 is 5.32 Å². The molecule has 0 spiro atoms. The van der Waals surface area contributed by atoms with E-state index in [9.17, 15) is 4.79 Å². The molecule has 2 aromatic rings. The van der Waals surface area contributed by atoms with Crippen molar-refractivity contribution in [2.75, 3.05) is 11.0 Å². The fourth-order valence-corrected chi connectivity index (χ4v) is 3.02. The zero-order chi connectivity index (χ0) is 14.9. The molecule has 21 heavy (non-hydrogen) atoms. The molecule has 0 fully saturated rings. The summed E-state index contributed by atoms with van der Waals surface area (Å²) in [5.74, 6) is 0.125. The molecule has 0 saturated heterocycles. The van der Waals surface area contributed by atoms with E-state index in [0.717, 1.165) is 18.5 Å². The third-order valence-corrected chi connectivity index (χ3v) is 4.38. The maximum atomic E-state index is 12.0. The molecule has 0 radical (unpaired) electrons. The molecular formula is C18H22INO. The fraction of sp³-hybridized carbons (Fsp3) is 0.389. The molecular weight excluding hydrogens is 373 g/mol. The summed E-state index contributed by atoms with van der Waals surface area (Å²) >= 11 is 2.41. The van der Waals surface area contributed by atoms with Crippen LogP contribution >= 0.6 is 22.6 Å². The Morgan fingerprint density at radius 1 is 0.952 bits per heavy atom. The predicted octanol–water partition coefficient (Wildman–Crippen LogP) is 4.49. The van der Waals surface area contributed by atoms with Crippen LogP contribution in [0.3, 0.4) is 0 Å². The molecule has 0 aromatic heterocycles. The molecule has 112 valence electrons. The number of halogens is 1. The van der Waals surface area contributed by atoms with Crippen molar-refractivity contribution in [2.24, 2.45) is 0 Å². The van der Waals surface area contributed by atoms with Crippen molar-refractivity contribution in [1.82, 2.24) is 5.32 Å². The van der Waals surface area contributed by atoms with E-state index in [-0.39, 0.29) is 5.91 Å². The maximum Gasteiger partial charge on any atom is 0.224 e. The van der Waals surface area contributed by atoms with Gasteiger partial charge >= 0.3 is 0 Å². The summed E-state index contributed by atoms with van der Waals surface area (Å²) in [6, 6.07) is 14.4. The van der Waals surface area contributed by atoms with Crippen LogP contribution in [0.15, 0.2) is 42.5 Å². The number of hydrogen-bond donors (Lipinski definition) is 1. The Morgan fingerprint density at radius 2 is 1.71 bits per heavy atom. The number of alkyl halides is 1. The standard InChI is InChI=1S/C18H22INO/c19-12-5-1-2-6-13-20-18(21)14-16-10-7-9-15-8-3-4-11-17(15)16/h3-4,7-11H,1-2,5-6,12-14H2,(H,20,21). The van der Waals surface area contributed by atoms with Crippen molar-refractivity contribution in [2.45, 2.75) is 32.1 Å². The summed E-state index contributed by atoms with van der Waals surface area (Å²) in [7, 11) is 0. The van der Waals surface area contributed by atoms with E-state index in [1.54, 1.807) is 0 Å². The van der Waals surface area contributed by atoms with E-state index in [2.05, 4.69) is 46.1 Å². The first-order valence-electron chi connectivity index (χ1n) is 7.60. The van der Waals surface area contributed by atoms with E-state index in [0.29, 0.717) is 6.42 Å². The minimum atomic E-state index is 0.125. The van der Waals surface area contributed by atoms with Crippen LogP contribution in [0.25, 0.3) is 10.8 Å².